The molecule has 542 valence electrons. The molecular formula is C82H84N19O6+. The molecular weight excluding hydrogens is 1350 g/mol. The number of hydrogen-bond acceptors (Lipinski definition) is 22. The second-order valence-corrected chi connectivity index (χ2v) is 26.2. The number of carbonyl (C=O) groups excluding carboxylic acids is 3. The lowest BCUT2D eigenvalue weighted by Gasteiger charge is -2.37. The summed E-state index contributed by atoms with van der Waals surface area (Å²) in [6.45, 7) is 0. The third-order valence-corrected chi connectivity index (χ3v) is 19.2. The molecule has 10 aromatic rings. The normalized spacial score (nSPS) is 21.9. The fourth-order valence-corrected chi connectivity index (χ4v) is 13.8. The van der Waals surface area contributed by atoms with Gasteiger partial charge < -0.3 is 42.0 Å². The maximum atomic E-state index is 12.6. The Morgan fingerprint density at radius 3 is 1.16 bits per heavy atom. The van der Waals surface area contributed by atoms with Crippen LogP contribution in [0.15, 0.2) is 264 Å². The summed E-state index contributed by atoms with van der Waals surface area (Å²) in [6, 6.07) is 61.0. The number of rotatable bonds is 10. The average molecular weight is 1430 g/mol. The van der Waals surface area contributed by atoms with Crippen molar-refractivity contribution < 1.29 is 29.0 Å². The standard InChI is InChI=1S/C27H28N6O2.C22H23N5O.C15H18N2O2.C12H8N6.C6H6O/c28-21-14-12-19-20(13-15-22(21)31-27(34)35-18-8-2-1-3-9-18)26(24-11-5-7-17-30-24)33-32-25(19)23-10-4-6-16-29-23;28-20-13-14-7-8-15-16(9-10-17(14)25-20)22(19-6-2-4-12-24-19)27-26-21(15)18-5-1-3-11-23-18;16-13-10-6-1-2-7-11-14(13)17-15(18)19-12-8-4-3-5-9-12;1-3-7-13-9(5-1)11-15-17-12(18-16-11)10-6-2-4-8-14-10;7-6-4-2-1-3-5-6/h1-11,16-17,19-22H,12-15,28H2,(H,31,34);1-6,11-12,14-17H,7-10,13H2,(H,25,28);1,3-5,8-9,13-14H,6-7,10-11,16H2;1-8H;1-5,7H/p+1. The summed E-state index contributed by atoms with van der Waals surface area (Å²) < 4.78 is 10.6. The summed E-state index contributed by atoms with van der Waals surface area (Å²) in [4.78, 5) is 62.8. The fraction of sp³-hybridized carbons (Fsp3) is 0.280. The van der Waals surface area contributed by atoms with Crippen LogP contribution in [-0.4, -0.2) is 127 Å². The van der Waals surface area contributed by atoms with Gasteiger partial charge >= 0.3 is 12.2 Å². The molecule has 0 spiro atoms. The lowest BCUT2D eigenvalue weighted by atomic mass is 9.71. The van der Waals surface area contributed by atoms with E-state index in [0.717, 1.165) is 116 Å². The summed E-state index contributed by atoms with van der Waals surface area (Å²) in [7, 11) is 0. The molecule has 3 fully saturated rings. The molecule has 25 nitrogen and oxygen atoms in total. The minimum atomic E-state index is -0.494. The molecule has 2 saturated carbocycles. The molecule has 3 aromatic carbocycles. The quantitative estimate of drug-likeness (QED) is 0.0693. The summed E-state index contributed by atoms with van der Waals surface area (Å²) >= 11 is 0. The van der Waals surface area contributed by atoms with Gasteiger partial charge in [-0.05, 0) is 173 Å². The second-order valence-electron chi connectivity index (χ2n) is 26.2. The highest BCUT2D eigenvalue weighted by Crippen LogP contribution is 2.40. The lowest BCUT2D eigenvalue weighted by molar-refractivity contribution is -0.119. The molecule has 107 heavy (non-hydrogen) atoms. The first-order valence-electron chi connectivity index (χ1n) is 36.1. The van der Waals surface area contributed by atoms with Crippen LogP contribution in [0.1, 0.15) is 106 Å². The molecule has 8 N–H and O–H groups in total. The van der Waals surface area contributed by atoms with E-state index in [0.29, 0.717) is 59.0 Å². The number of benzene rings is 3. The molecule has 25 heteroatoms. The van der Waals surface area contributed by atoms with Crippen LogP contribution in [0, 0.1) is 35.7 Å². The van der Waals surface area contributed by atoms with E-state index >= 15 is 0 Å². The van der Waals surface area contributed by atoms with Gasteiger partial charge in [0.2, 0.25) is 23.6 Å². The number of amides is 3. The monoisotopic (exact) mass is 1430 g/mol. The Kier molecular flexibility index (Phi) is 26.6. The highest BCUT2D eigenvalue weighted by Gasteiger charge is 2.43. The zero-order valence-corrected chi connectivity index (χ0v) is 59.0. The number of carbonyl (C=O) groups is 3. The maximum absolute atomic E-state index is 12.6. The number of nitrogens with one attached hydrogen (secondary N) is 3. The average Bonchev–Trinajstić information content (AvgIpc) is 1.23. The first-order valence-corrected chi connectivity index (χ1v) is 36.1. The number of fused-ring (bicyclic) bond motifs is 3. The number of allylic oxidation sites excluding steroid dienone is 2. The molecule has 0 bridgehead atoms. The van der Waals surface area contributed by atoms with Gasteiger partial charge in [-0.2, -0.15) is 20.4 Å². The van der Waals surface area contributed by atoms with Crippen molar-refractivity contribution >= 4 is 40.9 Å². The Bertz CT molecular complexity index is 4450. The van der Waals surface area contributed by atoms with E-state index in [1.54, 1.807) is 91.6 Å². The van der Waals surface area contributed by atoms with Crippen molar-refractivity contribution in [3.63, 3.8) is 0 Å². The van der Waals surface area contributed by atoms with E-state index < -0.39 is 12.2 Å². The van der Waals surface area contributed by atoms with E-state index in [4.69, 9.17) is 26.0 Å². The summed E-state index contributed by atoms with van der Waals surface area (Å²) in [5.74, 6) is 3.46. The van der Waals surface area contributed by atoms with Gasteiger partial charge in [0.05, 0.1) is 51.7 Å². The molecule has 16 rings (SSSR count). The predicted molar refractivity (Wildman–Crippen MR) is 407 cm³/mol. The van der Waals surface area contributed by atoms with Crippen LogP contribution in [-0.2, 0) is 4.79 Å². The van der Waals surface area contributed by atoms with Crippen LogP contribution in [0.25, 0.3) is 23.0 Å². The van der Waals surface area contributed by atoms with Gasteiger partial charge in [-0.1, -0.05) is 91.0 Å². The van der Waals surface area contributed by atoms with Crippen molar-refractivity contribution in [2.75, 3.05) is 0 Å². The third-order valence-electron chi connectivity index (χ3n) is 19.2. The highest BCUT2D eigenvalue weighted by molar-refractivity contribution is 6.11. The third kappa shape index (κ3) is 21.2. The van der Waals surface area contributed by atoms with Crippen molar-refractivity contribution in [2.45, 2.75) is 114 Å². The van der Waals surface area contributed by atoms with Crippen LogP contribution < -0.4 is 36.9 Å². The van der Waals surface area contributed by atoms with E-state index in [1.165, 1.54) is 0 Å². The highest BCUT2D eigenvalue weighted by atomic mass is 16.6. The number of phenols is 1. The number of aromatic hydroxyl groups is 1. The van der Waals surface area contributed by atoms with Crippen molar-refractivity contribution in [3.8, 4) is 40.3 Å². The molecule has 3 aliphatic heterocycles. The van der Waals surface area contributed by atoms with Gasteiger partial charge in [-0.15, -0.1) is 20.4 Å². The first-order chi connectivity index (χ1) is 52.6. The van der Waals surface area contributed by atoms with Gasteiger partial charge in [0.1, 0.15) is 28.6 Å². The predicted octanol–water partition coefficient (Wildman–Crippen LogP) is 12.2. The number of nitrogens with two attached hydrogens (primary N) is 2. The molecule has 1 saturated heterocycles. The van der Waals surface area contributed by atoms with Gasteiger partial charge in [0.25, 0.3) is 0 Å². The maximum Gasteiger partial charge on any atom is 0.412 e. The SMILES string of the molecule is NC1CCC2C(c3ccccn3)=NN=C(c3ccccn3)C2CCC1NC(=O)Oc1ccccc1.NC1CCC=[C+]CCC1NC(=O)Oc1ccccc1.O=C1CC2CCC3C(c4ccccn4)=NN=C(c4ccccn4)C3CCC2N1.Oc1ccccc1.c1ccc(-c2nnc(-c3ccccn3)nn2)nc1. The molecule has 3 amide bonds. The molecule has 10 atom stereocenters. The number of hydrogen-bond donors (Lipinski definition) is 6. The zero-order chi connectivity index (χ0) is 73.8. The molecule has 0 radical (unpaired) electrons. The van der Waals surface area contributed by atoms with Gasteiger partial charge in [0.15, 0.2) is 12.5 Å². The summed E-state index contributed by atoms with van der Waals surface area (Å²) in [5.41, 5.74) is 21.1. The smallest absolute Gasteiger partial charge is 0.412 e. The van der Waals surface area contributed by atoms with Crippen molar-refractivity contribution in [2.24, 2.45) is 61.5 Å². The van der Waals surface area contributed by atoms with Crippen LogP contribution in [0.3, 0.4) is 0 Å². The van der Waals surface area contributed by atoms with Crippen molar-refractivity contribution in [3.05, 3.63) is 272 Å². The van der Waals surface area contributed by atoms with Gasteiger partial charge in [0, 0.05) is 104 Å². The fourth-order valence-electron chi connectivity index (χ4n) is 13.8. The number of aromatic nitrogens is 10. The molecule has 10 unspecified atom stereocenters. The minimum Gasteiger partial charge on any atom is -0.508 e. The van der Waals surface area contributed by atoms with Crippen LogP contribution in [0.5, 0.6) is 17.2 Å². The van der Waals surface area contributed by atoms with Crippen LogP contribution in [0.4, 0.5) is 9.59 Å². The number of para-hydroxylation sites is 3. The number of nitrogens with zero attached hydrogens (tertiary/aromatic N) is 14. The Morgan fingerprint density at radius 2 is 0.766 bits per heavy atom. The molecule has 6 aliphatic rings. The number of ether oxygens (including phenoxy) is 2. The van der Waals surface area contributed by atoms with Gasteiger partial charge in [-0.25, -0.2) is 9.59 Å². The molecule has 3 aliphatic carbocycles. The number of pyridine rings is 6. The van der Waals surface area contributed by atoms with Crippen LogP contribution >= 0.6 is 0 Å². The Balaban J connectivity index is 0.000000133. The van der Waals surface area contributed by atoms with Crippen molar-refractivity contribution in [1.82, 2.24) is 66.2 Å². The first kappa shape index (κ1) is 74.3. The Hall–Kier alpha value is -12.4. The Labute approximate surface area is 620 Å². The second kappa shape index (κ2) is 38.4. The zero-order valence-electron chi connectivity index (χ0n) is 59.0. The van der Waals surface area contributed by atoms with E-state index in [9.17, 15) is 14.4 Å². The number of phenolic OH excluding ortho intramolecular Hbond substituents is 1. The topological polar surface area (TPSA) is 356 Å². The molecule has 7 aromatic heterocycles. The molecule has 10 heterocycles. The van der Waals surface area contributed by atoms with Crippen LogP contribution in [0.2, 0.25) is 0 Å². The summed E-state index contributed by atoms with van der Waals surface area (Å²) in [6.07, 6.45) is 25.7. The van der Waals surface area contributed by atoms with Crippen molar-refractivity contribution in [1.29, 1.82) is 0 Å². The Morgan fingerprint density at radius 1 is 0.411 bits per heavy atom. The summed E-state index contributed by atoms with van der Waals surface area (Å²) in [5, 5.41) is 52.2. The van der Waals surface area contributed by atoms with Gasteiger partial charge in [-0.3, -0.25) is 34.7 Å². The lowest BCUT2D eigenvalue weighted by Crippen LogP contribution is -2.51. The minimum absolute atomic E-state index is 0.0401. The largest absolute Gasteiger partial charge is 0.508 e. The van der Waals surface area contributed by atoms with E-state index in [2.05, 4.69) is 92.7 Å². The van der Waals surface area contributed by atoms with E-state index in [1.807, 2.05) is 152 Å². The van der Waals surface area contributed by atoms with E-state index in [-0.39, 0.29) is 59.8 Å².